The highest BCUT2D eigenvalue weighted by Gasteiger charge is 2.19. The van der Waals surface area contributed by atoms with Crippen LogP contribution in [0.2, 0.25) is 0 Å². The van der Waals surface area contributed by atoms with Crippen LogP contribution in [0.15, 0.2) is 30.5 Å². The van der Waals surface area contributed by atoms with Crippen LogP contribution in [0.1, 0.15) is 24.2 Å². The topological polar surface area (TPSA) is 73.7 Å². The molecule has 0 saturated heterocycles. The molecule has 1 heterocycles. The number of aromatic nitrogens is 1. The number of likely N-dealkylation sites (N-methyl/N-ethyl adjacent to an activating group) is 1. The average molecular weight is 274 g/mol. The van der Waals surface area contributed by atoms with E-state index < -0.39 is 11.6 Å². The van der Waals surface area contributed by atoms with Crippen molar-refractivity contribution in [2.75, 3.05) is 18.5 Å². The van der Waals surface area contributed by atoms with E-state index in [1.165, 1.54) is 6.20 Å². The molecule has 1 aromatic carbocycles. The molecule has 2 rings (SSSR count). The summed E-state index contributed by atoms with van der Waals surface area (Å²) in [4.78, 5) is 17.3. The number of carboxylic acid groups (broad SMARTS) is 1. The first kappa shape index (κ1) is 14.3. The van der Waals surface area contributed by atoms with Crippen LogP contribution < -0.4 is 4.90 Å². The third-order valence-electron chi connectivity index (χ3n) is 2.99. The lowest BCUT2D eigenvalue weighted by molar-refractivity contribution is 0.0698. The summed E-state index contributed by atoms with van der Waals surface area (Å²) in [5.74, 6) is -0.335. The molecule has 2 aromatic rings. The lowest BCUT2D eigenvalue weighted by atomic mass is 10.1. The number of anilines is 1. The fraction of sp³-hybridized carbons (Fsp3) is 0.333. The first-order chi connectivity index (χ1) is 9.29. The average Bonchev–Trinajstić information content (AvgIpc) is 2.35. The van der Waals surface area contributed by atoms with Gasteiger partial charge in [-0.3, -0.25) is 0 Å². The van der Waals surface area contributed by atoms with Crippen LogP contribution in [0, 0.1) is 0 Å². The smallest absolute Gasteiger partial charge is 0.337 e. The molecule has 0 bridgehead atoms. The van der Waals surface area contributed by atoms with E-state index in [9.17, 15) is 15.0 Å². The van der Waals surface area contributed by atoms with E-state index in [1.807, 2.05) is 24.1 Å². The fourth-order valence-electron chi connectivity index (χ4n) is 2.31. The molecular weight excluding hydrogens is 256 g/mol. The van der Waals surface area contributed by atoms with Gasteiger partial charge in [0.25, 0.3) is 0 Å². The molecule has 2 N–H and O–H groups in total. The largest absolute Gasteiger partial charge is 0.478 e. The Bertz CT molecular complexity index is 647. The van der Waals surface area contributed by atoms with Crippen molar-refractivity contribution in [3.05, 3.63) is 36.0 Å². The summed E-state index contributed by atoms with van der Waals surface area (Å²) in [5, 5.41) is 20.5. The normalized spacial score (nSPS) is 11.6. The van der Waals surface area contributed by atoms with Crippen LogP contribution in [-0.2, 0) is 0 Å². The van der Waals surface area contributed by atoms with Crippen molar-refractivity contribution >= 4 is 22.6 Å². The van der Waals surface area contributed by atoms with E-state index in [2.05, 4.69) is 4.98 Å². The van der Waals surface area contributed by atoms with E-state index in [-0.39, 0.29) is 5.56 Å². The number of benzene rings is 1. The lowest BCUT2D eigenvalue weighted by Gasteiger charge is -2.27. The Hall–Kier alpha value is -2.14. The molecule has 0 saturated carbocycles. The number of nitrogens with zero attached hydrogens (tertiary/aromatic N) is 2. The summed E-state index contributed by atoms with van der Waals surface area (Å²) in [7, 11) is 1.83. The molecule has 106 valence electrons. The molecule has 5 nitrogen and oxygen atoms in total. The van der Waals surface area contributed by atoms with E-state index in [4.69, 9.17) is 0 Å². The molecule has 0 aliphatic heterocycles. The number of fused-ring (bicyclic) bond motifs is 1. The predicted molar refractivity (Wildman–Crippen MR) is 78.3 cm³/mol. The summed E-state index contributed by atoms with van der Waals surface area (Å²) >= 11 is 0. The van der Waals surface area contributed by atoms with Gasteiger partial charge in [-0.25, -0.2) is 9.78 Å². The molecule has 0 unspecified atom stereocenters. The van der Waals surface area contributed by atoms with Gasteiger partial charge >= 0.3 is 5.97 Å². The zero-order valence-electron chi connectivity index (χ0n) is 11.8. The number of hydrogen-bond acceptors (Lipinski definition) is 4. The summed E-state index contributed by atoms with van der Waals surface area (Å²) in [5.41, 5.74) is -0.677. The summed E-state index contributed by atoms with van der Waals surface area (Å²) in [6.07, 6.45) is 1.36. The molecule has 0 amide bonds. The third-order valence-corrected chi connectivity index (χ3v) is 2.99. The summed E-state index contributed by atoms with van der Waals surface area (Å²) in [6, 6.07) is 7.25. The Balaban J connectivity index is 2.56. The van der Waals surface area contributed by atoms with Gasteiger partial charge in [-0.2, -0.15) is 0 Å². The van der Waals surface area contributed by atoms with E-state index in [1.54, 1.807) is 26.0 Å². The van der Waals surface area contributed by atoms with Gasteiger partial charge in [0.15, 0.2) is 0 Å². The molecule has 0 fully saturated rings. The highest BCUT2D eigenvalue weighted by Crippen LogP contribution is 2.27. The molecule has 0 aliphatic carbocycles. The van der Waals surface area contributed by atoms with Crippen molar-refractivity contribution in [1.29, 1.82) is 0 Å². The number of aromatic carboxylic acids is 1. The minimum atomic E-state index is -0.995. The van der Waals surface area contributed by atoms with Crippen LogP contribution in [-0.4, -0.2) is 40.4 Å². The Morgan fingerprint density at radius 1 is 1.30 bits per heavy atom. The van der Waals surface area contributed by atoms with Crippen LogP contribution in [0.3, 0.4) is 0 Å². The second kappa shape index (κ2) is 5.09. The van der Waals surface area contributed by atoms with Crippen LogP contribution in [0.5, 0.6) is 0 Å². The van der Waals surface area contributed by atoms with Gasteiger partial charge < -0.3 is 15.1 Å². The van der Waals surface area contributed by atoms with E-state index >= 15 is 0 Å². The third kappa shape index (κ3) is 2.88. The number of hydrogen-bond donors (Lipinski definition) is 2. The first-order valence-corrected chi connectivity index (χ1v) is 6.34. The Morgan fingerprint density at radius 2 is 1.90 bits per heavy atom. The molecule has 5 heteroatoms. The van der Waals surface area contributed by atoms with E-state index in [0.29, 0.717) is 17.7 Å². The van der Waals surface area contributed by atoms with Crippen molar-refractivity contribution in [1.82, 2.24) is 4.98 Å². The summed E-state index contributed by atoms with van der Waals surface area (Å²) in [6.45, 7) is 3.84. The van der Waals surface area contributed by atoms with E-state index in [0.717, 1.165) is 5.39 Å². The predicted octanol–water partition coefficient (Wildman–Crippen LogP) is 2.14. The Labute approximate surface area is 117 Å². The molecule has 0 spiro atoms. The monoisotopic (exact) mass is 274 g/mol. The molecule has 0 radical (unpaired) electrons. The molecular formula is C15H18N2O3. The molecule has 1 aromatic heterocycles. The lowest BCUT2D eigenvalue weighted by Crippen LogP contribution is -2.36. The van der Waals surface area contributed by atoms with Gasteiger partial charge in [-0.1, -0.05) is 24.3 Å². The number of pyridine rings is 1. The van der Waals surface area contributed by atoms with Crippen molar-refractivity contribution in [2.24, 2.45) is 0 Å². The summed E-state index contributed by atoms with van der Waals surface area (Å²) < 4.78 is 0. The highest BCUT2D eigenvalue weighted by atomic mass is 16.4. The van der Waals surface area contributed by atoms with Gasteiger partial charge in [0.1, 0.15) is 5.82 Å². The van der Waals surface area contributed by atoms with Crippen molar-refractivity contribution in [3.63, 3.8) is 0 Å². The van der Waals surface area contributed by atoms with Gasteiger partial charge in [-0.15, -0.1) is 0 Å². The SMILES string of the molecule is CN(CC(C)(C)O)c1ncc(C(=O)O)c2ccccc12. The zero-order chi connectivity index (χ0) is 14.9. The highest BCUT2D eigenvalue weighted by molar-refractivity contribution is 6.06. The minimum Gasteiger partial charge on any atom is -0.478 e. The number of rotatable bonds is 4. The zero-order valence-corrected chi connectivity index (χ0v) is 11.8. The van der Waals surface area contributed by atoms with Crippen LogP contribution in [0.25, 0.3) is 10.8 Å². The molecule has 0 atom stereocenters. The fourth-order valence-corrected chi connectivity index (χ4v) is 2.31. The van der Waals surface area contributed by atoms with Crippen LogP contribution in [0.4, 0.5) is 5.82 Å². The number of carboxylic acids is 1. The maximum absolute atomic E-state index is 11.2. The minimum absolute atomic E-state index is 0.181. The maximum atomic E-state index is 11.2. The number of carbonyl (C=O) groups is 1. The van der Waals surface area contributed by atoms with Gasteiger partial charge in [0.2, 0.25) is 0 Å². The first-order valence-electron chi connectivity index (χ1n) is 6.34. The van der Waals surface area contributed by atoms with Crippen molar-refractivity contribution < 1.29 is 15.0 Å². The van der Waals surface area contributed by atoms with Gasteiger partial charge in [-0.05, 0) is 13.8 Å². The molecule has 0 aliphatic rings. The van der Waals surface area contributed by atoms with Crippen LogP contribution >= 0.6 is 0 Å². The van der Waals surface area contributed by atoms with Gasteiger partial charge in [0, 0.05) is 30.6 Å². The molecule has 20 heavy (non-hydrogen) atoms. The van der Waals surface area contributed by atoms with Crippen molar-refractivity contribution in [3.8, 4) is 0 Å². The Morgan fingerprint density at radius 3 is 2.45 bits per heavy atom. The van der Waals surface area contributed by atoms with Gasteiger partial charge in [0.05, 0.1) is 11.2 Å². The number of aliphatic hydroxyl groups is 1. The van der Waals surface area contributed by atoms with Crippen molar-refractivity contribution in [2.45, 2.75) is 19.4 Å². The maximum Gasteiger partial charge on any atom is 0.337 e. The second-order valence-electron chi connectivity index (χ2n) is 5.51. The quantitative estimate of drug-likeness (QED) is 0.893. The second-order valence-corrected chi connectivity index (χ2v) is 5.51. The Kier molecular flexibility index (Phi) is 3.63. The standard InChI is InChI=1S/C15H18N2O3/c1-15(2,20)9-17(3)13-11-7-5-4-6-10(11)12(8-16-13)14(18)19/h4-8,20H,9H2,1-3H3,(H,18,19).